The number of allylic oxidation sites excluding steroid dienone is 1. The molecule has 0 aliphatic carbocycles. The third kappa shape index (κ3) is 7.19. The highest BCUT2D eigenvalue weighted by molar-refractivity contribution is 5.72. The summed E-state index contributed by atoms with van der Waals surface area (Å²) in [5, 5.41) is 13.1. The molecule has 0 atom stereocenters. The molecule has 0 aromatic heterocycles. The summed E-state index contributed by atoms with van der Waals surface area (Å²) in [7, 11) is 0. The van der Waals surface area contributed by atoms with Gasteiger partial charge in [0.05, 0.1) is 5.69 Å². The predicted molar refractivity (Wildman–Crippen MR) is 111 cm³/mol. The molecule has 2 rings (SSSR count). The van der Waals surface area contributed by atoms with Crippen molar-refractivity contribution < 1.29 is 9.94 Å². The van der Waals surface area contributed by atoms with Gasteiger partial charge in [0.15, 0.2) is 0 Å². The van der Waals surface area contributed by atoms with Gasteiger partial charge in [0.1, 0.15) is 11.5 Å². The topological polar surface area (TPSA) is 67.5 Å². The molecule has 0 aliphatic rings. The number of hydrogen-bond donors (Lipinski definition) is 3. The number of aromatic hydroxyl groups is 1. The summed E-state index contributed by atoms with van der Waals surface area (Å²) in [5.41, 5.74) is 4.33. The fourth-order valence-electron chi connectivity index (χ4n) is 2.23. The fourth-order valence-corrected chi connectivity index (χ4v) is 2.23. The monoisotopic (exact) mass is 356 g/mol. The lowest BCUT2D eigenvalue weighted by Crippen LogP contribution is -2.08. The first kappa shape index (κ1) is 21.6. The number of benzene rings is 2. The quantitative estimate of drug-likeness (QED) is 0.476. The zero-order valence-corrected chi connectivity index (χ0v) is 16.5. The van der Waals surface area contributed by atoms with Gasteiger partial charge in [0, 0.05) is 12.1 Å². The van der Waals surface area contributed by atoms with Crippen molar-refractivity contribution in [3.8, 4) is 11.5 Å². The first-order valence-corrected chi connectivity index (χ1v) is 9.05. The van der Waals surface area contributed by atoms with Gasteiger partial charge in [-0.1, -0.05) is 51.1 Å². The molecule has 0 saturated carbocycles. The van der Waals surface area contributed by atoms with Gasteiger partial charge < -0.3 is 15.3 Å². The van der Waals surface area contributed by atoms with Crippen LogP contribution in [0.4, 0.5) is 5.69 Å². The van der Waals surface area contributed by atoms with Crippen LogP contribution in [0, 0.1) is 19.8 Å². The Kier molecular flexibility index (Phi) is 9.31. The predicted octanol–water partition coefficient (Wildman–Crippen LogP) is 5.44. The van der Waals surface area contributed by atoms with Crippen LogP contribution >= 0.6 is 0 Å². The average molecular weight is 357 g/mol. The number of hydrogen-bond acceptors (Lipinski definition) is 4. The van der Waals surface area contributed by atoms with E-state index in [1.807, 2.05) is 43.3 Å². The molecule has 0 fully saturated rings. The molecule has 2 aromatic carbocycles. The van der Waals surface area contributed by atoms with E-state index in [4.69, 9.17) is 5.90 Å². The lowest BCUT2D eigenvalue weighted by Gasteiger charge is -2.13. The second kappa shape index (κ2) is 11.2. The molecule has 142 valence electrons. The van der Waals surface area contributed by atoms with E-state index in [2.05, 4.69) is 43.9 Å². The van der Waals surface area contributed by atoms with Crippen LogP contribution in [-0.4, -0.2) is 11.7 Å². The van der Waals surface area contributed by atoms with E-state index in [1.54, 1.807) is 6.07 Å². The van der Waals surface area contributed by atoms with Crippen molar-refractivity contribution in [1.29, 1.82) is 0 Å². The Morgan fingerprint density at radius 3 is 2.46 bits per heavy atom. The highest BCUT2D eigenvalue weighted by atomic mass is 16.6. The number of para-hydroxylation sites is 1. The van der Waals surface area contributed by atoms with Crippen molar-refractivity contribution >= 4 is 11.8 Å². The molecule has 4 N–H and O–H groups in total. The Hall–Kier alpha value is -2.46. The van der Waals surface area contributed by atoms with Crippen molar-refractivity contribution in [3.05, 3.63) is 59.2 Å². The van der Waals surface area contributed by atoms with Gasteiger partial charge in [-0.15, -0.1) is 0 Å². The zero-order chi connectivity index (χ0) is 19.5. The van der Waals surface area contributed by atoms with Gasteiger partial charge in [-0.25, -0.2) is 0 Å². The lowest BCUT2D eigenvalue weighted by atomic mass is 10.1. The fraction of sp³-hybridized carbons (Fsp3) is 0.364. The van der Waals surface area contributed by atoms with Gasteiger partial charge in [0.25, 0.3) is 0 Å². The Bertz CT molecular complexity index is 709. The second-order valence-corrected chi connectivity index (χ2v) is 6.69. The van der Waals surface area contributed by atoms with Crippen LogP contribution in [0.1, 0.15) is 43.9 Å². The van der Waals surface area contributed by atoms with Crippen LogP contribution in [0.2, 0.25) is 0 Å². The minimum absolute atomic E-state index is 0.318. The van der Waals surface area contributed by atoms with Crippen molar-refractivity contribution in [2.75, 3.05) is 11.9 Å². The van der Waals surface area contributed by atoms with Crippen LogP contribution in [-0.2, 0) is 0 Å². The molecule has 0 bridgehead atoms. The van der Waals surface area contributed by atoms with E-state index in [0.717, 1.165) is 24.2 Å². The number of rotatable bonds is 6. The number of aryl methyl sites for hydroxylation is 2. The summed E-state index contributed by atoms with van der Waals surface area (Å²) in [6.45, 7) is 11.3. The number of anilines is 1. The summed E-state index contributed by atoms with van der Waals surface area (Å²) in [6, 6.07) is 11.3. The molecular weight excluding hydrogens is 324 g/mol. The largest absolute Gasteiger partial charge is 0.506 e. The maximum Gasteiger partial charge on any atom is 0.147 e. The minimum Gasteiger partial charge on any atom is -0.506 e. The molecule has 4 heteroatoms. The maximum absolute atomic E-state index is 9.81. The first-order valence-electron chi connectivity index (χ1n) is 9.05. The third-order valence-electron chi connectivity index (χ3n) is 3.91. The maximum atomic E-state index is 9.81. The smallest absolute Gasteiger partial charge is 0.147 e. The first-order chi connectivity index (χ1) is 12.4. The second-order valence-electron chi connectivity index (χ2n) is 6.69. The number of nitrogens with one attached hydrogen (secondary N) is 1. The number of phenolic OH excluding ortho intramolecular Hbond substituents is 1. The molecule has 0 unspecified atom stereocenters. The summed E-state index contributed by atoms with van der Waals surface area (Å²) in [5.74, 6) is 6.56. The summed E-state index contributed by atoms with van der Waals surface area (Å²) in [6.07, 6.45) is 5.14. The van der Waals surface area contributed by atoms with E-state index in [9.17, 15) is 5.11 Å². The van der Waals surface area contributed by atoms with Crippen LogP contribution < -0.4 is 16.1 Å². The third-order valence-corrected chi connectivity index (χ3v) is 3.91. The molecule has 4 nitrogen and oxygen atoms in total. The van der Waals surface area contributed by atoms with Crippen LogP contribution in [0.25, 0.3) is 6.08 Å². The average Bonchev–Trinajstić information content (AvgIpc) is 2.61. The van der Waals surface area contributed by atoms with E-state index in [1.165, 1.54) is 11.1 Å². The summed E-state index contributed by atoms with van der Waals surface area (Å²) < 4.78 is 0. The van der Waals surface area contributed by atoms with Crippen LogP contribution in [0.15, 0.2) is 42.5 Å². The molecule has 2 aromatic rings. The highest BCUT2D eigenvalue weighted by Gasteiger charge is 2.05. The number of phenols is 1. The minimum atomic E-state index is 0.318. The molecule has 0 saturated heterocycles. The normalized spacial score (nSPS) is 10.6. The Morgan fingerprint density at radius 2 is 1.88 bits per heavy atom. The van der Waals surface area contributed by atoms with Gasteiger partial charge in [-0.2, -0.15) is 5.90 Å². The standard InChI is InChI=1S/C14H21NO.C8H11NO/c1-4-5-7-12-8-6-9-13(16)14(12)15-10-11(2)3;1-6-3-4-8(10-9)5-7(6)2/h5-9,11,15-16H,4,10H2,1-3H3;3-5H,9H2,1-2H3/b7-5-;. The van der Waals surface area contributed by atoms with Crippen LogP contribution in [0.3, 0.4) is 0 Å². The molecular formula is C22H32N2O2. The van der Waals surface area contributed by atoms with Crippen LogP contribution in [0.5, 0.6) is 11.5 Å². The van der Waals surface area contributed by atoms with E-state index in [0.29, 0.717) is 17.4 Å². The molecule has 0 aliphatic heterocycles. The van der Waals surface area contributed by atoms with Crippen molar-refractivity contribution in [2.45, 2.75) is 41.0 Å². The molecule has 0 radical (unpaired) electrons. The summed E-state index contributed by atoms with van der Waals surface area (Å²) >= 11 is 0. The SMILES string of the molecule is CC/C=C\c1cccc(O)c1NCC(C)C.Cc1ccc(ON)cc1C. The van der Waals surface area contributed by atoms with Crippen molar-refractivity contribution in [2.24, 2.45) is 11.8 Å². The van der Waals surface area contributed by atoms with Gasteiger partial charge in [0.2, 0.25) is 0 Å². The molecule has 0 amide bonds. The van der Waals surface area contributed by atoms with Crippen molar-refractivity contribution in [1.82, 2.24) is 0 Å². The van der Waals surface area contributed by atoms with E-state index < -0.39 is 0 Å². The van der Waals surface area contributed by atoms with Crippen molar-refractivity contribution in [3.63, 3.8) is 0 Å². The molecule has 0 heterocycles. The lowest BCUT2D eigenvalue weighted by molar-refractivity contribution is 0.334. The van der Waals surface area contributed by atoms with E-state index >= 15 is 0 Å². The van der Waals surface area contributed by atoms with Gasteiger partial charge >= 0.3 is 0 Å². The Labute approximate surface area is 157 Å². The zero-order valence-electron chi connectivity index (χ0n) is 16.5. The number of nitrogens with two attached hydrogens (primary N) is 1. The molecule has 0 spiro atoms. The highest BCUT2D eigenvalue weighted by Crippen LogP contribution is 2.28. The Balaban J connectivity index is 0.000000289. The van der Waals surface area contributed by atoms with Gasteiger partial charge in [-0.3, -0.25) is 0 Å². The molecule has 26 heavy (non-hydrogen) atoms. The van der Waals surface area contributed by atoms with E-state index in [-0.39, 0.29) is 0 Å². The van der Waals surface area contributed by atoms with Gasteiger partial charge in [-0.05, 0) is 55.5 Å². The summed E-state index contributed by atoms with van der Waals surface area (Å²) in [4.78, 5) is 4.55. The Morgan fingerprint density at radius 1 is 1.15 bits per heavy atom.